The Balaban J connectivity index is 1.81. The van der Waals surface area contributed by atoms with E-state index in [9.17, 15) is 4.39 Å². The summed E-state index contributed by atoms with van der Waals surface area (Å²) in [5, 5.41) is 3.91. The summed E-state index contributed by atoms with van der Waals surface area (Å²) in [6, 6.07) is 12.6. The first kappa shape index (κ1) is 15.8. The molecule has 1 N–H and O–H groups in total. The van der Waals surface area contributed by atoms with E-state index in [1.807, 2.05) is 37.3 Å². The number of hydrogen-bond acceptors (Lipinski definition) is 2. The molecule has 0 unspecified atom stereocenters. The Hall–Kier alpha value is -1.58. The van der Waals surface area contributed by atoms with Gasteiger partial charge in [0.1, 0.15) is 11.6 Å². The van der Waals surface area contributed by atoms with Crippen LogP contribution in [0, 0.1) is 5.82 Å². The SMILES string of the molecule is CCOc1ccc(CNCCc2ccccc2F)cc1Cl. The van der Waals surface area contributed by atoms with E-state index in [1.165, 1.54) is 6.07 Å². The van der Waals surface area contributed by atoms with E-state index in [1.54, 1.807) is 6.07 Å². The lowest BCUT2D eigenvalue weighted by molar-refractivity contribution is 0.340. The van der Waals surface area contributed by atoms with Crippen LogP contribution in [0.2, 0.25) is 5.02 Å². The van der Waals surface area contributed by atoms with Gasteiger partial charge in [0.25, 0.3) is 0 Å². The van der Waals surface area contributed by atoms with E-state index in [4.69, 9.17) is 16.3 Å². The Morgan fingerprint density at radius 2 is 2.00 bits per heavy atom. The van der Waals surface area contributed by atoms with Crippen LogP contribution in [0.1, 0.15) is 18.1 Å². The highest BCUT2D eigenvalue weighted by Crippen LogP contribution is 2.25. The summed E-state index contributed by atoms with van der Waals surface area (Å²) >= 11 is 6.14. The van der Waals surface area contributed by atoms with Crippen molar-refractivity contribution in [3.8, 4) is 5.75 Å². The van der Waals surface area contributed by atoms with E-state index in [0.29, 0.717) is 36.9 Å². The van der Waals surface area contributed by atoms with E-state index in [-0.39, 0.29) is 5.82 Å². The highest BCUT2D eigenvalue weighted by molar-refractivity contribution is 6.32. The molecule has 0 heterocycles. The van der Waals surface area contributed by atoms with Crippen LogP contribution in [0.25, 0.3) is 0 Å². The number of ether oxygens (including phenoxy) is 1. The first-order valence-electron chi connectivity index (χ1n) is 7.06. The van der Waals surface area contributed by atoms with Gasteiger partial charge in [-0.15, -0.1) is 0 Å². The predicted octanol–water partition coefficient (Wildman–Crippen LogP) is 4.21. The quantitative estimate of drug-likeness (QED) is 0.774. The fourth-order valence-corrected chi connectivity index (χ4v) is 2.34. The van der Waals surface area contributed by atoms with Gasteiger partial charge in [-0.1, -0.05) is 35.9 Å². The third-order valence-electron chi connectivity index (χ3n) is 3.15. The third kappa shape index (κ3) is 4.73. The first-order chi connectivity index (χ1) is 10.2. The zero-order chi connectivity index (χ0) is 15.1. The van der Waals surface area contributed by atoms with Gasteiger partial charge >= 0.3 is 0 Å². The molecule has 4 heteroatoms. The van der Waals surface area contributed by atoms with Crippen molar-refractivity contribution in [2.75, 3.05) is 13.2 Å². The summed E-state index contributed by atoms with van der Waals surface area (Å²) in [5.41, 5.74) is 1.81. The van der Waals surface area contributed by atoms with Gasteiger partial charge in [-0.05, 0) is 49.2 Å². The normalized spacial score (nSPS) is 10.6. The zero-order valence-corrected chi connectivity index (χ0v) is 12.8. The minimum Gasteiger partial charge on any atom is -0.492 e. The van der Waals surface area contributed by atoms with Crippen molar-refractivity contribution in [1.29, 1.82) is 0 Å². The number of halogens is 2. The lowest BCUT2D eigenvalue weighted by atomic mass is 10.1. The van der Waals surface area contributed by atoms with Gasteiger partial charge in [-0.2, -0.15) is 0 Å². The molecule has 0 amide bonds. The van der Waals surface area contributed by atoms with Crippen molar-refractivity contribution >= 4 is 11.6 Å². The Morgan fingerprint density at radius 1 is 1.19 bits per heavy atom. The fraction of sp³-hybridized carbons (Fsp3) is 0.294. The average molecular weight is 308 g/mol. The second-order valence-corrected chi connectivity index (χ2v) is 5.12. The largest absolute Gasteiger partial charge is 0.492 e. The van der Waals surface area contributed by atoms with Gasteiger partial charge in [-0.3, -0.25) is 0 Å². The van der Waals surface area contributed by atoms with E-state index in [0.717, 1.165) is 11.1 Å². The number of rotatable bonds is 7. The molecule has 0 saturated carbocycles. The van der Waals surface area contributed by atoms with Crippen LogP contribution in [0.5, 0.6) is 5.75 Å². The van der Waals surface area contributed by atoms with E-state index >= 15 is 0 Å². The lowest BCUT2D eigenvalue weighted by Crippen LogP contribution is -2.17. The Morgan fingerprint density at radius 3 is 2.71 bits per heavy atom. The number of nitrogens with one attached hydrogen (secondary N) is 1. The molecule has 0 aliphatic carbocycles. The molecule has 2 nitrogen and oxygen atoms in total. The monoisotopic (exact) mass is 307 g/mol. The Labute approximate surface area is 129 Å². The van der Waals surface area contributed by atoms with Crippen molar-refractivity contribution in [2.24, 2.45) is 0 Å². The smallest absolute Gasteiger partial charge is 0.137 e. The third-order valence-corrected chi connectivity index (χ3v) is 3.45. The van der Waals surface area contributed by atoms with E-state index < -0.39 is 0 Å². The molecule has 0 bridgehead atoms. The van der Waals surface area contributed by atoms with Gasteiger partial charge in [0.2, 0.25) is 0 Å². The summed E-state index contributed by atoms with van der Waals surface area (Å²) in [6.45, 7) is 3.93. The maximum atomic E-state index is 13.5. The summed E-state index contributed by atoms with van der Waals surface area (Å²) < 4.78 is 18.8. The van der Waals surface area contributed by atoms with Crippen LogP contribution in [-0.2, 0) is 13.0 Å². The Bertz CT molecular complexity index is 589. The molecule has 0 aromatic heterocycles. The molecular weight excluding hydrogens is 289 g/mol. The van der Waals surface area contributed by atoms with Crippen LogP contribution in [0.4, 0.5) is 4.39 Å². The molecule has 0 spiro atoms. The van der Waals surface area contributed by atoms with Crippen molar-refractivity contribution in [3.05, 3.63) is 64.4 Å². The fourth-order valence-electron chi connectivity index (χ4n) is 2.08. The van der Waals surface area contributed by atoms with Crippen molar-refractivity contribution < 1.29 is 9.13 Å². The summed E-state index contributed by atoms with van der Waals surface area (Å²) in [6.07, 6.45) is 0.664. The van der Waals surface area contributed by atoms with E-state index in [2.05, 4.69) is 5.32 Å². The summed E-state index contributed by atoms with van der Waals surface area (Å²) in [7, 11) is 0. The standard InChI is InChI=1S/C17H19ClFNO/c1-2-21-17-8-7-13(11-15(17)18)12-20-10-9-14-5-3-4-6-16(14)19/h3-8,11,20H,2,9-10,12H2,1H3. The van der Waals surface area contributed by atoms with Gasteiger partial charge in [-0.25, -0.2) is 4.39 Å². The molecule has 112 valence electrons. The molecule has 0 saturated heterocycles. The number of hydrogen-bond donors (Lipinski definition) is 1. The number of benzene rings is 2. The second kappa shape index (κ2) is 8.01. The van der Waals surface area contributed by atoms with Crippen LogP contribution in [0.3, 0.4) is 0 Å². The molecule has 0 atom stereocenters. The van der Waals surface area contributed by atoms with Gasteiger partial charge in [0, 0.05) is 6.54 Å². The van der Waals surface area contributed by atoms with Crippen LogP contribution in [-0.4, -0.2) is 13.2 Å². The maximum absolute atomic E-state index is 13.5. The zero-order valence-electron chi connectivity index (χ0n) is 12.0. The molecule has 0 aliphatic heterocycles. The van der Waals surface area contributed by atoms with Crippen molar-refractivity contribution in [1.82, 2.24) is 5.32 Å². The molecule has 0 fully saturated rings. The topological polar surface area (TPSA) is 21.3 Å². The molecule has 2 aromatic rings. The molecular formula is C17H19ClFNO. The molecule has 2 aromatic carbocycles. The van der Waals surface area contributed by atoms with Crippen LogP contribution >= 0.6 is 11.6 Å². The highest BCUT2D eigenvalue weighted by atomic mass is 35.5. The van der Waals surface area contributed by atoms with Crippen LogP contribution < -0.4 is 10.1 Å². The molecule has 0 aliphatic rings. The molecule has 2 rings (SSSR count). The predicted molar refractivity (Wildman–Crippen MR) is 84.4 cm³/mol. The first-order valence-corrected chi connectivity index (χ1v) is 7.44. The molecule has 21 heavy (non-hydrogen) atoms. The molecule has 0 radical (unpaired) electrons. The van der Waals surface area contributed by atoms with Crippen molar-refractivity contribution in [3.63, 3.8) is 0 Å². The van der Waals surface area contributed by atoms with Gasteiger partial charge < -0.3 is 10.1 Å². The average Bonchev–Trinajstić information content (AvgIpc) is 2.48. The lowest BCUT2D eigenvalue weighted by Gasteiger charge is -2.09. The second-order valence-electron chi connectivity index (χ2n) is 4.72. The summed E-state index contributed by atoms with van der Waals surface area (Å²) in [4.78, 5) is 0. The summed E-state index contributed by atoms with van der Waals surface area (Å²) in [5.74, 6) is 0.553. The Kier molecular flexibility index (Phi) is 6.03. The van der Waals surface area contributed by atoms with Gasteiger partial charge in [0.05, 0.1) is 11.6 Å². The van der Waals surface area contributed by atoms with Gasteiger partial charge in [0.15, 0.2) is 0 Å². The highest BCUT2D eigenvalue weighted by Gasteiger charge is 2.03. The minimum absolute atomic E-state index is 0.150. The maximum Gasteiger partial charge on any atom is 0.137 e. The van der Waals surface area contributed by atoms with Crippen LogP contribution in [0.15, 0.2) is 42.5 Å². The minimum atomic E-state index is -0.150. The van der Waals surface area contributed by atoms with Crippen molar-refractivity contribution in [2.45, 2.75) is 19.9 Å².